The molecule has 1 N–H and O–H groups in total. The Balaban J connectivity index is 1.74. The lowest BCUT2D eigenvalue weighted by atomic mass is 9.95. The Morgan fingerprint density at radius 3 is 2.47 bits per heavy atom. The molecule has 1 aromatic rings. The first-order chi connectivity index (χ1) is 15.2. The molecule has 1 aliphatic heterocycles. The van der Waals surface area contributed by atoms with Crippen molar-refractivity contribution in [1.82, 2.24) is 5.32 Å². The largest absolute Gasteiger partial charge is 0.484 e. The summed E-state index contributed by atoms with van der Waals surface area (Å²) in [5.41, 5.74) is -0.655. The highest BCUT2D eigenvalue weighted by molar-refractivity contribution is 5.81. The smallest absolute Gasteiger partial charge is 0.408 e. The van der Waals surface area contributed by atoms with Crippen LogP contribution in [0.5, 0.6) is 5.75 Å². The third kappa shape index (κ3) is 7.40. The number of carbonyl (C=O) groups is 2. The van der Waals surface area contributed by atoms with E-state index in [1.54, 1.807) is 20.8 Å². The van der Waals surface area contributed by atoms with E-state index in [1.807, 2.05) is 37.3 Å². The van der Waals surface area contributed by atoms with Gasteiger partial charge in [-0.25, -0.2) is 9.59 Å². The maximum absolute atomic E-state index is 12.9. The average molecular weight is 448 g/mol. The van der Waals surface area contributed by atoms with Crippen LogP contribution in [0.1, 0.15) is 66.2 Å². The van der Waals surface area contributed by atoms with Gasteiger partial charge < -0.3 is 24.3 Å². The Morgan fingerprint density at radius 1 is 1.12 bits per heavy atom. The Kier molecular flexibility index (Phi) is 8.40. The summed E-state index contributed by atoms with van der Waals surface area (Å²) in [4.78, 5) is 25.1. The van der Waals surface area contributed by atoms with Crippen LogP contribution < -0.4 is 10.1 Å². The highest BCUT2D eigenvalue weighted by atomic mass is 16.6. The SMILES string of the molecule is C[C@@H]1OC(=O)[C@@H](NC(=O)OC(C)(C)C)CCO[C@H](CC2CCCC2)[C@H]1Oc1ccccc1. The molecular weight excluding hydrogens is 410 g/mol. The van der Waals surface area contributed by atoms with Crippen molar-refractivity contribution in [3.63, 3.8) is 0 Å². The van der Waals surface area contributed by atoms with E-state index in [0.717, 1.165) is 6.42 Å². The van der Waals surface area contributed by atoms with Gasteiger partial charge in [-0.15, -0.1) is 0 Å². The van der Waals surface area contributed by atoms with Crippen LogP contribution in [-0.4, -0.2) is 48.6 Å². The quantitative estimate of drug-likeness (QED) is 0.663. The van der Waals surface area contributed by atoms with Gasteiger partial charge in [-0.1, -0.05) is 43.9 Å². The molecule has 2 fully saturated rings. The first-order valence-corrected chi connectivity index (χ1v) is 11.7. The van der Waals surface area contributed by atoms with Crippen molar-refractivity contribution in [2.45, 2.75) is 96.2 Å². The van der Waals surface area contributed by atoms with Crippen LogP contribution in [0.3, 0.4) is 0 Å². The molecule has 7 heteroatoms. The predicted octanol–water partition coefficient (Wildman–Crippen LogP) is 4.63. The lowest BCUT2D eigenvalue weighted by molar-refractivity contribution is -0.157. The molecule has 3 rings (SSSR count). The van der Waals surface area contributed by atoms with E-state index in [0.29, 0.717) is 24.7 Å². The minimum atomic E-state index is -0.838. The van der Waals surface area contributed by atoms with E-state index >= 15 is 0 Å². The summed E-state index contributed by atoms with van der Waals surface area (Å²) in [5, 5.41) is 2.64. The number of para-hydroxylation sites is 1. The molecule has 1 aliphatic carbocycles. The summed E-state index contributed by atoms with van der Waals surface area (Å²) in [5.74, 6) is 0.791. The molecule has 1 heterocycles. The van der Waals surface area contributed by atoms with E-state index in [4.69, 9.17) is 18.9 Å². The normalized spacial score (nSPS) is 27.6. The van der Waals surface area contributed by atoms with Crippen LogP contribution in [0.15, 0.2) is 30.3 Å². The van der Waals surface area contributed by atoms with Gasteiger partial charge >= 0.3 is 12.1 Å². The second kappa shape index (κ2) is 11.0. The fraction of sp³-hybridized carbons (Fsp3) is 0.680. The maximum Gasteiger partial charge on any atom is 0.408 e. The molecule has 1 amide bonds. The summed E-state index contributed by atoms with van der Waals surface area (Å²) in [6.07, 6.45) is 4.20. The van der Waals surface area contributed by atoms with Gasteiger partial charge in [-0.2, -0.15) is 0 Å². The predicted molar refractivity (Wildman–Crippen MR) is 121 cm³/mol. The molecule has 0 bridgehead atoms. The van der Waals surface area contributed by atoms with Gasteiger partial charge in [0.25, 0.3) is 0 Å². The molecule has 0 unspecified atom stereocenters. The lowest BCUT2D eigenvalue weighted by Gasteiger charge is -2.32. The summed E-state index contributed by atoms with van der Waals surface area (Å²) in [6.45, 7) is 7.47. The first-order valence-electron chi connectivity index (χ1n) is 11.7. The summed E-state index contributed by atoms with van der Waals surface area (Å²) in [6, 6.07) is 8.69. The monoisotopic (exact) mass is 447 g/mol. The highest BCUT2D eigenvalue weighted by Gasteiger charge is 2.38. The fourth-order valence-corrected chi connectivity index (χ4v) is 4.37. The fourth-order valence-electron chi connectivity index (χ4n) is 4.37. The van der Waals surface area contributed by atoms with Crippen molar-refractivity contribution in [2.24, 2.45) is 5.92 Å². The highest BCUT2D eigenvalue weighted by Crippen LogP contribution is 2.32. The second-order valence-electron chi connectivity index (χ2n) is 9.82. The number of benzene rings is 1. The zero-order chi connectivity index (χ0) is 23.1. The maximum atomic E-state index is 12.9. The van der Waals surface area contributed by atoms with Gasteiger partial charge in [0.2, 0.25) is 0 Å². The Bertz CT molecular complexity index is 741. The van der Waals surface area contributed by atoms with Crippen molar-refractivity contribution in [2.75, 3.05) is 6.61 Å². The molecule has 0 aromatic heterocycles. The van der Waals surface area contributed by atoms with Crippen LogP contribution in [0, 0.1) is 5.92 Å². The Hall–Kier alpha value is -2.28. The molecule has 1 aromatic carbocycles. The van der Waals surface area contributed by atoms with Crippen LogP contribution >= 0.6 is 0 Å². The molecular formula is C25H37NO6. The first kappa shape index (κ1) is 24.4. The van der Waals surface area contributed by atoms with Crippen molar-refractivity contribution < 1.29 is 28.5 Å². The molecule has 7 nitrogen and oxygen atoms in total. The number of esters is 1. The zero-order valence-electron chi connectivity index (χ0n) is 19.7. The number of cyclic esters (lactones) is 1. The number of nitrogens with one attached hydrogen (secondary N) is 1. The van der Waals surface area contributed by atoms with Crippen molar-refractivity contribution >= 4 is 12.1 Å². The summed E-state index contributed by atoms with van der Waals surface area (Å²) >= 11 is 0. The van der Waals surface area contributed by atoms with Crippen LogP contribution in [0.25, 0.3) is 0 Å². The minimum absolute atomic E-state index is 0.207. The number of ether oxygens (including phenoxy) is 4. The molecule has 0 radical (unpaired) electrons. The van der Waals surface area contributed by atoms with Gasteiger partial charge in [0.1, 0.15) is 23.5 Å². The minimum Gasteiger partial charge on any atom is -0.484 e. The standard InChI is InChI=1S/C25H37NO6/c1-17-22(31-19-12-6-5-7-13-19)21(16-18-10-8-9-11-18)29-15-14-20(23(27)30-17)26-24(28)32-25(2,3)4/h5-7,12-13,17-18,20-22H,8-11,14-16H2,1-4H3,(H,26,28)/t17-,20-,21+,22-/m0/s1. The van der Waals surface area contributed by atoms with Crippen LogP contribution in [-0.2, 0) is 19.0 Å². The molecule has 1 saturated heterocycles. The van der Waals surface area contributed by atoms with E-state index < -0.39 is 35.9 Å². The number of alkyl carbamates (subject to hydrolysis) is 1. The third-order valence-corrected chi connectivity index (χ3v) is 5.90. The van der Waals surface area contributed by atoms with Gasteiger partial charge in [0, 0.05) is 13.0 Å². The number of hydrogen-bond donors (Lipinski definition) is 1. The second-order valence-corrected chi connectivity index (χ2v) is 9.82. The third-order valence-electron chi connectivity index (χ3n) is 5.90. The molecule has 2 aliphatic rings. The van der Waals surface area contributed by atoms with Crippen LogP contribution in [0.4, 0.5) is 4.79 Å². The lowest BCUT2D eigenvalue weighted by Crippen LogP contribution is -2.47. The van der Waals surface area contributed by atoms with E-state index in [1.165, 1.54) is 25.7 Å². The van der Waals surface area contributed by atoms with Gasteiger partial charge in [-0.05, 0) is 52.2 Å². The van der Waals surface area contributed by atoms with E-state index in [2.05, 4.69) is 5.32 Å². The van der Waals surface area contributed by atoms with Gasteiger partial charge in [0.15, 0.2) is 6.10 Å². The van der Waals surface area contributed by atoms with Crippen molar-refractivity contribution in [3.05, 3.63) is 30.3 Å². The molecule has 1 saturated carbocycles. The number of amides is 1. The Labute approximate surface area is 191 Å². The van der Waals surface area contributed by atoms with E-state index in [-0.39, 0.29) is 6.10 Å². The number of hydrogen-bond acceptors (Lipinski definition) is 6. The van der Waals surface area contributed by atoms with E-state index in [9.17, 15) is 9.59 Å². The molecule has 178 valence electrons. The zero-order valence-corrected chi connectivity index (χ0v) is 19.7. The molecule has 32 heavy (non-hydrogen) atoms. The van der Waals surface area contributed by atoms with Crippen LogP contribution in [0.2, 0.25) is 0 Å². The summed E-state index contributed by atoms with van der Waals surface area (Å²) in [7, 11) is 0. The Morgan fingerprint density at radius 2 is 1.81 bits per heavy atom. The summed E-state index contributed by atoms with van der Waals surface area (Å²) < 4.78 is 23.7. The topological polar surface area (TPSA) is 83.1 Å². The van der Waals surface area contributed by atoms with Gasteiger partial charge in [0.05, 0.1) is 6.10 Å². The average Bonchev–Trinajstić information content (AvgIpc) is 3.23. The molecule has 0 spiro atoms. The van der Waals surface area contributed by atoms with Crippen molar-refractivity contribution in [1.29, 1.82) is 0 Å². The van der Waals surface area contributed by atoms with Crippen molar-refractivity contribution in [3.8, 4) is 5.75 Å². The number of rotatable bonds is 5. The van der Waals surface area contributed by atoms with Gasteiger partial charge in [-0.3, -0.25) is 0 Å². The number of carbonyl (C=O) groups excluding carboxylic acids is 2. The molecule has 4 atom stereocenters.